The number of nitrogens with one attached hydrogen (secondary N) is 1. The summed E-state index contributed by atoms with van der Waals surface area (Å²) in [6.45, 7) is 7.18. The van der Waals surface area contributed by atoms with Crippen molar-refractivity contribution in [2.45, 2.75) is 39.8 Å². The van der Waals surface area contributed by atoms with Gasteiger partial charge in [-0.05, 0) is 57.5 Å². The first-order valence-corrected chi connectivity index (χ1v) is 9.43. The van der Waals surface area contributed by atoms with Gasteiger partial charge in [0.1, 0.15) is 6.04 Å². The van der Waals surface area contributed by atoms with Crippen LogP contribution in [0.1, 0.15) is 32.4 Å². The van der Waals surface area contributed by atoms with E-state index < -0.39 is 17.3 Å². The Kier molecular flexibility index (Phi) is 5.42. The van der Waals surface area contributed by atoms with Gasteiger partial charge < -0.3 is 5.32 Å². The molecule has 6 nitrogen and oxygen atoms in total. The summed E-state index contributed by atoms with van der Waals surface area (Å²) in [7, 11) is 0. The van der Waals surface area contributed by atoms with Gasteiger partial charge in [0.15, 0.2) is 0 Å². The van der Waals surface area contributed by atoms with E-state index in [1.165, 1.54) is 4.57 Å². The summed E-state index contributed by atoms with van der Waals surface area (Å²) >= 11 is 6.21. The summed E-state index contributed by atoms with van der Waals surface area (Å²) in [5.41, 5.74) is 0.576. The van der Waals surface area contributed by atoms with Crippen molar-refractivity contribution in [2.75, 3.05) is 0 Å². The standard InChI is InChI=1S/C21H22ClN3O3/c1-12(2)23-19(26)14(4)24-18-8-6-5-7-16(18)20(27)25(21(24)28)15-10-9-13(3)17(22)11-15/h5-12,14H,1-4H3,(H,23,26)/t14-/m1/s1. The van der Waals surface area contributed by atoms with Crippen LogP contribution in [0, 0.1) is 6.92 Å². The summed E-state index contributed by atoms with van der Waals surface area (Å²) in [5.74, 6) is -0.297. The Morgan fingerprint density at radius 3 is 2.39 bits per heavy atom. The third-order valence-corrected chi connectivity index (χ3v) is 5.01. The van der Waals surface area contributed by atoms with Crippen LogP contribution in [0.25, 0.3) is 16.6 Å². The average Bonchev–Trinajstić information content (AvgIpc) is 2.64. The molecule has 0 radical (unpaired) electrons. The fourth-order valence-electron chi connectivity index (χ4n) is 3.13. The molecule has 0 aliphatic carbocycles. The van der Waals surface area contributed by atoms with Gasteiger partial charge >= 0.3 is 5.69 Å². The molecule has 1 amide bonds. The Bertz CT molecular complexity index is 1180. The molecule has 28 heavy (non-hydrogen) atoms. The maximum absolute atomic E-state index is 13.3. The third kappa shape index (κ3) is 3.47. The van der Waals surface area contributed by atoms with E-state index in [4.69, 9.17) is 11.6 Å². The fraction of sp³-hybridized carbons (Fsp3) is 0.286. The highest BCUT2D eigenvalue weighted by molar-refractivity contribution is 6.31. The van der Waals surface area contributed by atoms with E-state index in [1.807, 2.05) is 20.8 Å². The van der Waals surface area contributed by atoms with Crippen molar-refractivity contribution >= 4 is 28.4 Å². The second-order valence-corrected chi connectivity index (χ2v) is 7.49. The molecule has 3 aromatic rings. The minimum Gasteiger partial charge on any atom is -0.352 e. The smallest absolute Gasteiger partial charge is 0.336 e. The predicted molar refractivity (Wildman–Crippen MR) is 112 cm³/mol. The number of amides is 1. The van der Waals surface area contributed by atoms with Crippen molar-refractivity contribution in [3.63, 3.8) is 0 Å². The predicted octanol–water partition coefficient (Wildman–Crippen LogP) is 3.20. The molecule has 0 fully saturated rings. The highest BCUT2D eigenvalue weighted by Crippen LogP contribution is 2.19. The molecule has 0 aliphatic heterocycles. The van der Waals surface area contributed by atoms with Gasteiger partial charge in [-0.15, -0.1) is 0 Å². The van der Waals surface area contributed by atoms with Crippen LogP contribution < -0.4 is 16.6 Å². The van der Waals surface area contributed by atoms with Crippen LogP contribution in [0.3, 0.4) is 0 Å². The van der Waals surface area contributed by atoms with Crippen molar-refractivity contribution in [3.8, 4) is 5.69 Å². The molecule has 1 N–H and O–H groups in total. The molecule has 0 unspecified atom stereocenters. The van der Waals surface area contributed by atoms with E-state index in [2.05, 4.69) is 5.32 Å². The van der Waals surface area contributed by atoms with Gasteiger partial charge in [0.05, 0.1) is 16.6 Å². The van der Waals surface area contributed by atoms with Gasteiger partial charge in [-0.25, -0.2) is 9.36 Å². The number of halogens is 1. The van der Waals surface area contributed by atoms with Crippen LogP contribution in [-0.2, 0) is 4.79 Å². The molecular weight excluding hydrogens is 378 g/mol. The molecule has 0 saturated carbocycles. The van der Waals surface area contributed by atoms with E-state index in [0.717, 1.165) is 10.1 Å². The number of para-hydroxylation sites is 1. The summed E-state index contributed by atoms with van der Waals surface area (Å²) in [5, 5.41) is 3.62. The lowest BCUT2D eigenvalue weighted by Gasteiger charge is -2.20. The molecule has 1 aromatic heterocycles. The van der Waals surface area contributed by atoms with Crippen LogP contribution in [-0.4, -0.2) is 21.1 Å². The number of aryl methyl sites for hydroxylation is 1. The van der Waals surface area contributed by atoms with Gasteiger partial charge in [0, 0.05) is 11.1 Å². The average molecular weight is 400 g/mol. The summed E-state index contributed by atoms with van der Waals surface area (Å²) in [6.07, 6.45) is 0. The second kappa shape index (κ2) is 7.64. The number of rotatable bonds is 4. The molecule has 3 rings (SSSR count). The lowest BCUT2D eigenvalue weighted by Crippen LogP contribution is -2.44. The second-order valence-electron chi connectivity index (χ2n) is 7.08. The quantitative estimate of drug-likeness (QED) is 0.732. The Morgan fingerprint density at radius 1 is 1.07 bits per heavy atom. The monoisotopic (exact) mass is 399 g/mol. The van der Waals surface area contributed by atoms with Crippen LogP contribution in [0.15, 0.2) is 52.1 Å². The zero-order chi connectivity index (χ0) is 20.6. The normalized spacial score (nSPS) is 12.4. The number of nitrogens with zero attached hydrogens (tertiary/aromatic N) is 2. The molecule has 0 saturated heterocycles. The number of fused-ring (bicyclic) bond motifs is 1. The fourth-order valence-corrected chi connectivity index (χ4v) is 3.30. The minimum atomic E-state index is -0.799. The summed E-state index contributed by atoms with van der Waals surface area (Å²) in [6, 6.07) is 10.9. The first kappa shape index (κ1) is 19.9. The first-order valence-electron chi connectivity index (χ1n) is 9.05. The maximum Gasteiger partial charge on any atom is 0.336 e. The maximum atomic E-state index is 13.3. The molecule has 0 bridgehead atoms. The SMILES string of the molecule is Cc1ccc(-n2c(=O)c3ccccc3n([C@H](C)C(=O)NC(C)C)c2=O)cc1Cl. The summed E-state index contributed by atoms with van der Waals surface area (Å²) in [4.78, 5) is 39.0. The number of benzene rings is 2. The Labute approximate surface area is 167 Å². The first-order chi connectivity index (χ1) is 13.2. The molecule has 2 aromatic carbocycles. The third-order valence-electron chi connectivity index (χ3n) is 4.61. The van der Waals surface area contributed by atoms with Crippen molar-refractivity contribution in [1.82, 2.24) is 14.5 Å². The topological polar surface area (TPSA) is 73.1 Å². The summed E-state index contributed by atoms with van der Waals surface area (Å²) < 4.78 is 2.41. The Hall–Kier alpha value is -2.86. The molecule has 1 heterocycles. The molecule has 0 aliphatic rings. The molecule has 0 spiro atoms. The zero-order valence-corrected chi connectivity index (χ0v) is 16.9. The lowest BCUT2D eigenvalue weighted by molar-refractivity contribution is -0.124. The number of hydrogen-bond donors (Lipinski definition) is 1. The Morgan fingerprint density at radius 2 is 1.75 bits per heavy atom. The van der Waals surface area contributed by atoms with Gasteiger partial charge in [-0.2, -0.15) is 0 Å². The van der Waals surface area contributed by atoms with Gasteiger partial charge in [0.25, 0.3) is 5.56 Å². The van der Waals surface area contributed by atoms with Crippen molar-refractivity contribution in [2.24, 2.45) is 0 Å². The van der Waals surface area contributed by atoms with Crippen molar-refractivity contribution < 1.29 is 4.79 Å². The van der Waals surface area contributed by atoms with E-state index in [9.17, 15) is 14.4 Å². The molecular formula is C21H22ClN3O3. The van der Waals surface area contributed by atoms with Gasteiger partial charge in [0.2, 0.25) is 5.91 Å². The Balaban J connectivity index is 2.35. The van der Waals surface area contributed by atoms with Crippen LogP contribution in [0.5, 0.6) is 0 Å². The zero-order valence-electron chi connectivity index (χ0n) is 16.2. The number of hydrogen-bond acceptors (Lipinski definition) is 3. The number of carbonyl (C=O) groups excluding carboxylic acids is 1. The lowest BCUT2D eigenvalue weighted by atomic mass is 10.2. The van der Waals surface area contributed by atoms with Gasteiger partial charge in [-0.3, -0.25) is 14.2 Å². The van der Waals surface area contributed by atoms with Crippen LogP contribution >= 0.6 is 11.6 Å². The largest absolute Gasteiger partial charge is 0.352 e. The van der Waals surface area contributed by atoms with E-state index >= 15 is 0 Å². The molecule has 146 valence electrons. The molecule has 7 heteroatoms. The number of aromatic nitrogens is 2. The van der Waals surface area contributed by atoms with Crippen LogP contribution in [0.2, 0.25) is 5.02 Å². The molecule has 1 atom stereocenters. The minimum absolute atomic E-state index is 0.0706. The van der Waals surface area contributed by atoms with Crippen molar-refractivity contribution in [1.29, 1.82) is 0 Å². The highest BCUT2D eigenvalue weighted by atomic mass is 35.5. The van der Waals surface area contributed by atoms with E-state index in [-0.39, 0.29) is 11.9 Å². The highest BCUT2D eigenvalue weighted by Gasteiger charge is 2.23. The number of carbonyl (C=O) groups is 1. The van der Waals surface area contributed by atoms with Crippen LogP contribution in [0.4, 0.5) is 0 Å². The van der Waals surface area contributed by atoms with E-state index in [0.29, 0.717) is 21.6 Å². The van der Waals surface area contributed by atoms with E-state index in [1.54, 1.807) is 49.4 Å². The van der Waals surface area contributed by atoms with Crippen molar-refractivity contribution in [3.05, 3.63) is 73.9 Å². The van der Waals surface area contributed by atoms with Gasteiger partial charge in [-0.1, -0.05) is 29.8 Å².